The molecule has 0 unspecified atom stereocenters. The van der Waals surface area contributed by atoms with Gasteiger partial charge in [0.15, 0.2) is 0 Å². The summed E-state index contributed by atoms with van der Waals surface area (Å²) >= 11 is 0. The van der Waals surface area contributed by atoms with Crippen LogP contribution in [0.25, 0.3) is 0 Å². The number of amides is 1. The molecule has 5 nitrogen and oxygen atoms in total. The topological polar surface area (TPSA) is 83.5 Å². The molecule has 0 radical (unpaired) electrons. The monoisotopic (exact) mass is 263 g/mol. The van der Waals surface area contributed by atoms with E-state index in [-0.39, 0.29) is 5.91 Å². The second-order valence-corrected chi connectivity index (χ2v) is 4.49. The van der Waals surface area contributed by atoms with Crippen molar-refractivity contribution < 1.29 is 30.9 Å². The molecule has 0 aromatic heterocycles. The van der Waals surface area contributed by atoms with Crippen molar-refractivity contribution in [2.75, 3.05) is 6.54 Å². The fourth-order valence-electron chi connectivity index (χ4n) is 0.904. The van der Waals surface area contributed by atoms with Crippen molar-refractivity contribution in [3.05, 3.63) is 0 Å². The highest BCUT2D eigenvalue weighted by Crippen LogP contribution is 2.20. The number of alkyl halides is 3. The van der Waals surface area contributed by atoms with Gasteiger partial charge in [0.05, 0.1) is 0 Å². The maximum Gasteiger partial charge on any atom is 0.522 e. The van der Waals surface area contributed by atoms with E-state index < -0.39 is 15.6 Å². The van der Waals surface area contributed by atoms with Crippen LogP contribution in [-0.4, -0.2) is 30.9 Å². The molecule has 0 aromatic rings. The van der Waals surface area contributed by atoms with E-state index in [2.05, 4.69) is 5.32 Å². The van der Waals surface area contributed by atoms with Gasteiger partial charge in [-0.3, -0.25) is 9.35 Å². The molecule has 2 N–H and O–H groups in total. The summed E-state index contributed by atoms with van der Waals surface area (Å²) in [5, 5.41) is 2.81. The van der Waals surface area contributed by atoms with Gasteiger partial charge in [-0.1, -0.05) is 6.42 Å². The quantitative estimate of drug-likeness (QED) is 0.506. The molecule has 1 saturated heterocycles. The lowest BCUT2D eigenvalue weighted by Crippen LogP contribution is -2.21. The number of carbonyl (C=O) groups is 1. The van der Waals surface area contributed by atoms with Crippen molar-refractivity contribution in [2.24, 2.45) is 0 Å². The zero-order chi connectivity index (χ0) is 12.8. The van der Waals surface area contributed by atoms with Gasteiger partial charge in [-0.2, -0.15) is 21.6 Å². The molecule has 1 amide bonds. The molecule has 0 spiro atoms. The van der Waals surface area contributed by atoms with Crippen molar-refractivity contribution in [3.8, 4) is 0 Å². The smallest absolute Gasteiger partial charge is 0.356 e. The zero-order valence-corrected chi connectivity index (χ0v) is 9.07. The van der Waals surface area contributed by atoms with E-state index in [0.29, 0.717) is 0 Å². The molecular formula is C7H12F3NO4S. The highest BCUT2D eigenvalue weighted by molar-refractivity contribution is 7.86. The maximum absolute atomic E-state index is 10.7. The molecule has 0 aliphatic carbocycles. The van der Waals surface area contributed by atoms with Crippen molar-refractivity contribution in [1.82, 2.24) is 5.32 Å². The molecule has 16 heavy (non-hydrogen) atoms. The molecule has 96 valence electrons. The van der Waals surface area contributed by atoms with E-state index in [0.717, 1.165) is 25.8 Å². The summed E-state index contributed by atoms with van der Waals surface area (Å²) in [4.78, 5) is 10.6. The van der Waals surface area contributed by atoms with Gasteiger partial charge in [0.25, 0.3) is 0 Å². The van der Waals surface area contributed by atoms with E-state index in [1.54, 1.807) is 0 Å². The van der Waals surface area contributed by atoms with Crippen LogP contribution >= 0.6 is 0 Å². The summed E-state index contributed by atoms with van der Waals surface area (Å²) in [5.41, 5.74) is -5.53. The number of nitrogens with one attached hydrogen (secondary N) is 1. The first-order valence-electron chi connectivity index (χ1n) is 4.45. The normalized spacial score (nSPS) is 17.9. The minimum absolute atomic E-state index is 0.225. The Morgan fingerprint density at radius 3 is 2.12 bits per heavy atom. The van der Waals surface area contributed by atoms with Crippen molar-refractivity contribution in [2.45, 2.75) is 31.2 Å². The van der Waals surface area contributed by atoms with Crippen LogP contribution in [0.4, 0.5) is 13.2 Å². The molecule has 1 heterocycles. The van der Waals surface area contributed by atoms with E-state index in [1.807, 2.05) is 0 Å². The molecule has 9 heteroatoms. The van der Waals surface area contributed by atoms with Crippen LogP contribution in [0.5, 0.6) is 0 Å². The second-order valence-electron chi connectivity index (χ2n) is 3.08. The highest BCUT2D eigenvalue weighted by Gasteiger charge is 2.44. The first-order valence-corrected chi connectivity index (χ1v) is 5.89. The number of hydrogen-bond donors (Lipinski definition) is 2. The summed E-state index contributed by atoms with van der Waals surface area (Å²) in [6, 6.07) is 0. The van der Waals surface area contributed by atoms with Gasteiger partial charge in [-0.25, -0.2) is 0 Å². The van der Waals surface area contributed by atoms with Gasteiger partial charge in [0.1, 0.15) is 0 Å². The summed E-state index contributed by atoms with van der Waals surface area (Å²) in [7, 11) is -5.84. The third kappa shape index (κ3) is 6.62. The Morgan fingerprint density at radius 1 is 1.19 bits per heavy atom. The van der Waals surface area contributed by atoms with E-state index in [4.69, 9.17) is 13.0 Å². The van der Waals surface area contributed by atoms with Crippen LogP contribution in [0.3, 0.4) is 0 Å². The maximum atomic E-state index is 10.7. The lowest BCUT2D eigenvalue weighted by molar-refractivity contribution is -0.120. The SMILES string of the molecule is O=C1CCCCCN1.O=S(=O)(O)C(F)(F)F. The van der Waals surface area contributed by atoms with Gasteiger partial charge in [-0.15, -0.1) is 0 Å². The number of hydrogen-bond acceptors (Lipinski definition) is 3. The lowest BCUT2D eigenvalue weighted by atomic mass is 10.2. The van der Waals surface area contributed by atoms with Crippen LogP contribution in [0.2, 0.25) is 0 Å². The Labute approximate surface area is 90.8 Å². The highest BCUT2D eigenvalue weighted by atomic mass is 32.2. The summed E-state index contributed by atoms with van der Waals surface area (Å²) in [6.07, 6.45) is 4.18. The first kappa shape index (κ1) is 15.2. The molecule has 0 saturated carbocycles. The third-order valence-corrected chi connectivity index (χ3v) is 2.28. The Balaban J connectivity index is 0.000000281. The average molecular weight is 263 g/mol. The Hall–Kier alpha value is -0.830. The molecule has 1 fully saturated rings. The number of carbonyl (C=O) groups excluding carboxylic acids is 1. The second kappa shape index (κ2) is 6.04. The molecule has 0 aromatic carbocycles. The van der Waals surface area contributed by atoms with Crippen molar-refractivity contribution in [1.29, 1.82) is 0 Å². The molecule has 0 atom stereocenters. The zero-order valence-electron chi connectivity index (χ0n) is 8.25. The molecular weight excluding hydrogens is 251 g/mol. The minimum Gasteiger partial charge on any atom is -0.356 e. The fraction of sp³-hybridized carbons (Fsp3) is 0.857. The van der Waals surface area contributed by atoms with Crippen LogP contribution in [0.1, 0.15) is 25.7 Å². The fourth-order valence-corrected chi connectivity index (χ4v) is 0.904. The van der Waals surface area contributed by atoms with Crippen molar-refractivity contribution in [3.63, 3.8) is 0 Å². The van der Waals surface area contributed by atoms with E-state index in [9.17, 15) is 18.0 Å². The number of halogens is 3. The third-order valence-electron chi connectivity index (χ3n) is 1.70. The van der Waals surface area contributed by atoms with Crippen LogP contribution in [-0.2, 0) is 14.9 Å². The molecule has 1 rings (SSSR count). The largest absolute Gasteiger partial charge is 0.522 e. The molecule has 0 bridgehead atoms. The first-order chi connectivity index (χ1) is 7.14. The van der Waals surface area contributed by atoms with Crippen molar-refractivity contribution >= 4 is 16.0 Å². The van der Waals surface area contributed by atoms with Gasteiger partial charge < -0.3 is 5.32 Å². The van der Waals surface area contributed by atoms with Gasteiger partial charge in [0.2, 0.25) is 5.91 Å². The Morgan fingerprint density at radius 2 is 1.69 bits per heavy atom. The lowest BCUT2D eigenvalue weighted by Gasteiger charge is -1.97. The summed E-state index contributed by atoms with van der Waals surface area (Å²) in [5.74, 6) is 0.225. The Kier molecular flexibility index (Phi) is 5.73. The van der Waals surface area contributed by atoms with E-state index >= 15 is 0 Å². The van der Waals surface area contributed by atoms with Gasteiger partial charge >= 0.3 is 15.6 Å². The van der Waals surface area contributed by atoms with Crippen LogP contribution in [0, 0.1) is 0 Å². The average Bonchev–Trinajstić information content (AvgIpc) is 2.29. The standard InChI is InChI=1S/C6H11NO.CHF3O3S/c8-6-4-2-1-3-5-7-6;2-1(3,4)8(5,6)7/h1-5H2,(H,7,8);(H,5,6,7). The number of rotatable bonds is 0. The predicted molar refractivity (Wildman–Crippen MR) is 49.1 cm³/mol. The minimum atomic E-state index is -5.84. The predicted octanol–water partition coefficient (Wildman–Crippen LogP) is 1.07. The Bertz CT molecular complexity index is 315. The van der Waals surface area contributed by atoms with Crippen LogP contribution < -0.4 is 5.32 Å². The van der Waals surface area contributed by atoms with Crippen LogP contribution in [0.15, 0.2) is 0 Å². The van der Waals surface area contributed by atoms with Gasteiger partial charge in [-0.05, 0) is 12.8 Å². The van der Waals surface area contributed by atoms with E-state index in [1.165, 1.54) is 6.42 Å². The molecule has 1 aliphatic heterocycles. The van der Waals surface area contributed by atoms with Gasteiger partial charge in [0, 0.05) is 13.0 Å². The summed E-state index contributed by atoms with van der Waals surface area (Å²) in [6.45, 7) is 0.888. The molecule has 1 aliphatic rings. The summed E-state index contributed by atoms with van der Waals surface area (Å²) < 4.78 is 57.5.